The summed E-state index contributed by atoms with van der Waals surface area (Å²) < 4.78 is 5.65. The first kappa shape index (κ1) is 30.3. The highest BCUT2D eigenvalue weighted by Crippen LogP contribution is 2.38. The molecule has 0 atom stereocenters. The number of anilines is 3. The summed E-state index contributed by atoms with van der Waals surface area (Å²) in [5.74, 6) is -1.47. The number of aromatic nitrogens is 4. The van der Waals surface area contributed by atoms with E-state index < -0.39 is 23.5 Å². The van der Waals surface area contributed by atoms with Crippen LogP contribution < -0.4 is 26.0 Å². The van der Waals surface area contributed by atoms with E-state index in [0.717, 1.165) is 19.0 Å². The Morgan fingerprint density at radius 1 is 1.10 bits per heavy atom. The summed E-state index contributed by atoms with van der Waals surface area (Å²) in [5.41, 5.74) is -0.284. The number of ether oxygens (including phenoxy) is 1. The zero-order valence-electron chi connectivity index (χ0n) is 23.1. The molecule has 16 heteroatoms. The van der Waals surface area contributed by atoms with Crippen LogP contribution in [0.5, 0.6) is 5.75 Å². The van der Waals surface area contributed by atoms with Gasteiger partial charge in [-0.2, -0.15) is 15.0 Å². The minimum atomic E-state index is -3.48. The maximum Gasteiger partial charge on any atom is 0.369 e. The Morgan fingerprint density at radius 2 is 1.83 bits per heavy atom. The van der Waals surface area contributed by atoms with E-state index in [4.69, 9.17) is 4.74 Å². The number of aliphatic hydroxyl groups is 4. The Labute approximate surface area is 239 Å². The average molecular weight is 585 g/mol. The molecule has 16 nitrogen and oxygen atoms in total. The predicted octanol–water partition coefficient (Wildman–Crippen LogP) is -0.354. The van der Waals surface area contributed by atoms with Crippen LogP contribution in [0, 0.1) is 5.92 Å². The van der Waals surface area contributed by atoms with Crippen LogP contribution in [0.2, 0.25) is 0 Å². The van der Waals surface area contributed by atoms with Gasteiger partial charge in [-0.15, -0.1) is 0 Å². The number of amides is 3. The summed E-state index contributed by atoms with van der Waals surface area (Å²) in [6.07, 6.45) is 0.665. The van der Waals surface area contributed by atoms with Gasteiger partial charge in [0.05, 0.1) is 36.8 Å². The Hall–Kier alpha value is -4.64. The number of rotatable bonds is 12. The van der Waals surface area contributed by atoms with Crippen molar-refractivity contribution >= 4 is 34.9 Å². The fourth-order valence-electron chi connectivity index (χ4n) is 3.82. The number of nitrogens with one attached hydrogen (secondary N) is 4. The van der Waals surface area contributed by atoms with Crippen LogP contribution in [-0.4, -0.2) is 83.5 Å². The zero-order valence-corrected chi connectivity index (χ0v) is 23.1. The first-order valence-corrected chi connectivity index (χ1v) is 12.9. The van der Waals surface area contributed by atoms with Gasteiger partial charge in [-0.05, 0) is 38.8 Å². The van der Waals surface area contributed by atoms with E-state index in [-0.39, 0.29) is 42.0 Å². The van der Waals surface area contributed by atoms with Crippen molar-refractivity contribution in [2.45, 2.75) is 44.9 Å². The molecule has 0 aliphatic heterocycles. The standard InChI is InChI=1S/C26H32N8O8/c1-25(2,38)24(37)27-9-10-34-29-13-19(33-34)15-5-4-6-17(21(15)42-3)30-18-11-20(31-22(35)14-7-8-14)28-12-16(18)23(36)32-26(39,40)41/h4-6,11-14,38-41H,7-10H2,1-3H3,(H,27,37)(H,32,36)(H2,28,30,31,35). The SMILES string of the molecule is COc1c(Nc2cc(NC(=O)C3CC3)ncc2C(=O)NC(O)(O)O)cccc1-c1cnn(CCNC(=O)C(C)(C)O)n1. The van der Waals surface area contributed by atoms with Crippen molar-refractivity contribution in [3.8, 4) is 17.0 Å². The van der Waals surface area contributed by atoms with E-state index in [1.807, 2.05) is 0 Å². The van der Waals surface area contributed by atoms with Crippen LogP contribution in [0.25, 0.3) is 11.3 Å². The van der Waals surface area contributed by atoms with Crippen LogP contribution in [0.15, 0.2) is 36.7 Å². The molecular weight excluding hydrogens is 552 g/mol. The van der Waals surface area contributed by atoms with Crippen LogP contribution >= 0.6 is 0 Å². The third kappa shape index (κ3) is 7.76. The van der Waals surface area contributed by atoms with Crippen LogP contribution in [0.4, 0.5) is 17.2 Å². The molecule has 1 aliphatic rings. The molecule has 0 unspecified atom stereocenters. The van der Waals surface area contributed by atoms with Crippen molar-refractivity contribution in [3.63, 3.8) is 0 Å². The highest BCUT2D eigenvalue weighted by Gasteiger charge is 2.30. The molecular formula is C26H32N8O8. The lowest BCUT2D eigenvalue weighted by atomic mass is 10.1. The Balaban J connectivity index is 1.60. The molecule has 3 aromatic rings. The topological polar surface area (TPSA) is 233 Å². The van der Waals surface area contributed by atoms with Gasteiger partial charge >= 0.3 is 6.10 Å². The largest absolute Gasteiger partial charge is 0.494 e. The smallest absolute Gasteiger partial charge is 0.369 e. The van der Waals surface area contributed by atoms with E-state index in [9.17, 15) is 34.8 Å². The second-order valence-corrected chi connectivity index (χ2v) is 10.1. The number of benzene rings is 1. The van der Waals surface area contributed by atoms with Gasteiger partial charge in [0.15, 0.2) is 5.75 Å². The lowest BCUT2D eigenvalue weighted by molar-refractivity contribution is -0.323. The van der Waals surface area contributed by atoms with E-state index in [2.05, 4.69) is 31.1 Å². The van der Waals surface area contributed by atoms with Crippen molar-refractivity contribution in [2.75, 3.05) is 24.3 Å². The van der Waals surface area contributed by atoms with E-state index in [1.54, 1.807) is 23.5 Å². The molecule has 0 radical (unpaired) electrons. The summed E-state index contributed by atoms with van der Waals surface area (Å²) in [7, 11) is 1.43. The van der Waals surface area contributed by atoms with E-state index in [0.29, 0.717) is 22.7 Å². The molecule has 224 valence electrons. The van der Waals surface area contributed by atoms with Gasteiger partial charge in [0.25, 0.3) is 11.8 Å². The first-order chi connectivity index (χ1) is 19.7. The molecule has 42 heavy (non-hydrogen) atoms. The Bertz CT molecular complexity index is 1470. The van der Waals surface area contributed by atoms with Crippen LogP contribution in [0.1, 0.15) is 37.0 Å². The minimum absolute atomic E-state index is 0.0968. The molecule has 2 aromatic heterocycles. The fraction of sp³-hybridized carbons (Fsp3) is 0.385. The molecule has 3 amide bonds. The normalized spacial score (nSPS) is 13.3. The molecule has 2 heterocycles. The number of hydrogen-bond donors (Lipinski definition) is 8. The van der Waals surface area contributed by atoms with Gasteiger partial charge in [0.1, 0.15) is 17.1 Å². The van der Waals surface area contributed by atoms with E-state index in [1.165, 1.54) is 38.0 Å². The molecule has 1 aliphatic carbocycles. The maximum atomic E-state index is 12.7. The van der Waals surface area contributed by atoms with Gasteiger partial charge in [0.2, 0.25) is 5.91 Å². The van der Waals surface area contributed by atoms with E-state index >= 15 is 0 Å². The number of carbonyl (C=O) groups is 3. The third-order valence-electron chi connectivity index (χ3n) is 6.08. The number of hydrogen-bond acceptors (Lipinski definition) is 12. The van der Waals surface area contributed by atoms with Crippen molar-refractivity contribution in [1.29, 1.82) is 0 Å². The molecule has 8 N–H and O–H groups in total. The van der Waals surface area contributed by atoms with Gasteiger partial charge in [-0.25, -0.2) is 4.98 Å². The molecule has 4 rings (SSSR count). The molecule has 1 saturated carbocycles. The van der Waals surface area contributed by atoms with Gasteiger partial charge in [-0.1, -0.05) is 6.07 Å². The monoisotopic (exact) mass is 584 g/mol. The van der Waals surface area contributed by atoms with Crippen molar-refractivity contribution in [3.05, 3.63) is 42.2 Å². The average Bonchev–Trinajstić information content (AvgIpc) is 3.65. The minimum Gasteiger partial charge on any atom is -0.494 e. The molecule has 0 bridgehead atoms. The highest BCUT2D eigenvalue weighted by atomic mass is 16.7. The summed E-state index contributed by atoms with van der Waals surface area (Å²) in [4.78, 5) is 42.3. The Kier molecular flexibility index (Phi) is 8.72. The second-order valence-electron chi connectivity index (χ2n) is 10.1. The Morgan fingerprint density at radius 3 is 2.48 bits per heavy atom. The van der Waals surface area contributed by atoms with Crippen molar-refractivity contribution < 1.29 is 39.5 Å². The number of carbonyl (C=O) groups excluding carboxylic acids is 3. The number of para-hydroxylation sites is 1. The summed E-state index contributed by atoms with van der Waals surface area (Å²) in [5, 5.41) is 56.1. The van der Waals surface area contributed by atoms with Crippen molar-refractivity contribution in [1.82, 2.24) is 30.6 Å². The number of nitrogens with zero attached hydrogens (tertiary/aromatic N) is 4. The number of methoxy groups -OCH3 is 1. The molecule has 0 spiro atoms. The quantitative estimate of drug-likeness (QED) is 0.128. The summed E-state index contributed by atoms with van der Waals surface area (Å²) in [6.45, 7) is 3.17. The zero-order chi connectivity index (χ0) is 30.7. The summed E-state index contributed by atoms with van der Waals surface area (Å²) >= 11 is 0. The van der Waals surface area contributed by atoms with Gasteiger partial charge < -0.3 is 41.1 Å². The lowest BCUT2D eigenvalue weighted by Gasteiger charge is -2.19. The molecule has 1 aromatic carbocycles. The predicted molar refractivity (Wildman–Crippen MR) is 147 cm³/mol. The number of pyridine rings is 1. The van der Waals surface area contributed by atoms with Gasteiger partial charge in [0, 0.05) is 30.3 Å². The van der Waals surface area contributed by atoms with Crippen LogP contribution in [-0.2, 0) is 16.1 Å². The second kappa shape index (κ2) is 12.1. The van der Waals surface area contributed by atoms with Crippen LogP contribution in [0.3, 0.4) is 0 Å². The fourth-order valence-corrected chi connectivity index (χ4v) is 3.82. The molecule has 0 saturated heterocycles. The van der Waals surface area contributed by atoms with Crippen molar-refractivity contribution in [2.24, 2.45) is 5.92 Å². The third-order valence-corrected chi connectivity index (χ3v) is 6.08. The molecule has 1 fully saturated rings. The first-order valence-electron chi connectivity index (χ1n) is 12.9. The maximum absolute atomic E-state index is 12.7. The van der Waals surface area contributed by atoms with Gasteiger partial charge in [-0.3, -0.25) is 19.7 Å². The lowest BCUT2D eigenvalue weighted by Crippen LogP contribution is -2.48. The highest BCUT2D eigenvalue weighted by molar-refractivity contribution is 6.02. The summed E-state index contributed by atoms with van der Waals surface area (Å²) in [6, 6.07) is 6.46.